The number of amides is 4. The molecule has 3 fully saturated rings. The molecule has 1 atom stereocenters. The zero-order valence-corrected chi connectivity index (χ0v) is 29.6. The molecule has 0 bridgehead atoms. The van der Waals surface area contributed by atoms with E-state index in [4.69, 9.17) is 4.74 Å². The van der Waals surface area contributed by atoms with E-state index in [0.29, 0.717) is 44.4 Å². The number of urea groups is 1. The number of fused-ring (bicyclic) bond motifs is 2. The Balaban J connectivity index is 0.955. The van der Waals surface area contributed by atoms with Gasteiger partial charge in [0, 0.05) is 50.9 Å². The van der Waals surface area contributed by atoms with Gasteiger partial charge in [0.05, 0.1) is 19.6 Å². The van der Waals surface area contributed by atoms with Crippen LogP contribution in [0.5, 0.6) is 0 Å². The second kappa shape index (κ2) is 15.5. The fourth-order valence-electron chi connectivity index (χ4n) is 9.25. The number of nitrogens with one attached hydrogen (secondary N) is 1. The van der Waals surface area contributed by atoms with Crippen molar-refractivity contribution in [3.05, 3.63) is 64.7 Å². The fourth-order valence-corrected chi connectivity index (χ4v) is 9.25. The first-order chi connectivity index (χ1) is 24.3. The summed E-state index contributed by atoms with van der Waals surface area (Å²) < 4.78 is 4.85. The van der Waals surface area contributed by atoms with Crippen molar-refractivity contribution in [2.45, 2.75) is 83.2 Å². The molecule has 10 nitrogen and oxygen atoms in total. The second-order valence-corrected chi connectivity index (χ2v) is 15.2. The topological polar surface area (TPSA) is 102 Å². The van der Waals surface area contributed by atoms with Gasteiger partial charge in [0.15, 0.2) is 0 Å². The summed E-state index contributed by atoms with van der Waals surface area (Å²) in [7, 11) is 1.44. The van der Waals surface area contributed by atoms with Crippen LogP contribution in [-0.4, -0.2) is 102 Å². The molecule has 4 heterocycles. The van der Waals surface area contributed by atoms with E-state index < -0.39 is 0 Å². The summed E-state index contributed by atoms with van der Waals surface area (Å²) in [6.45, 7) is 5.46. The average molecular weight is 684 g/mol. The van der Waals surface area contributed by atoms with Crippen molar-refractivity contribution in [1.82, 2.24) is 19.6 Å². The number of benzene rings is 2. The second-order valence-electron chi connectivity index (χ2n) is 15.2. The third kappa shape index (κ3) is 7.85. The first-order valence-electron chi connectivity index (χ1n) is 19.0. The zero-order chi connectivity index (χ0) is 34.6. The molecule has 268 valence electrons. The number of carbonyl (C=O) groups excluding carboxylic acids is 4. The SMILES string of the molecule is COC(=O)CN1CCC(C2CCN(C(=O)C(CC(=O)N3CCC(N4Cc5ccccc5NC4=O)CC3)Cc3ccc4c(c3)CCC4)CC2)CC1. The molecule has 1 N–H and O–H groups in total. The van der Waals surface area contributed by atoms with E-state index in [1.165, 1.54) is 24.7 Å². The van der Waals surface area contributed by atoms with Crippen LogP contribution in [-0.2, 0) is 44.9 Å². The van der Waals surface area contributed by atoms with Crippen molar-refractivity contribution < 1.29 is 23.9 Å². The molecule has 10 heteroatoms. The lowest BCUT2D eigenvalue weighted by atomic mass is 9.78. The van der Waals surface area contributed by atoms with Gasteiger partial charge < -0.3 is 24.8 Å². The smallest absolute Gasteiger partial charge is 0.322 e. The van der Waals surface area contributed by atoms with Crippen LogP contribution in [0.1, 0.15) is 73.6 Å². The normalized spacial score (nSPS) is 21.4. The number of aryl methyl sites for hydroxylation is 2. The Bertz CT molecular complexity index is 1550. The summed E-state index contributed by atoms with van der Waals surface area (Å²) in [6, 6.07) is 14.6. The number of piperidine rings is 3. The van der Waals surface area contributed by atoms with Gasteiger partial charge in [0.2, 0.25) is 11.8 Å². The molecule has 50 heavy (non-hydrogen) atoms. The van der Waals surface area contributed by atoms with E-state index in [9.17, 15) is 19.2 Å². The predicted molar refractivity (Wildman–Crippen MR) is 191 cm³/mol. The van der Waals surface area contributed by atoms with Gasteiger partial charge >= 0.3 is 12.0 Å². The van der Waals surface area contributed by atoms with Gasteiger partial charge in [-0.15, -0.1) is 0 Å². The average Bonchev–Trinajstić information content (AvgIpc) is 3.62. The Hall–Kier alpha value is -3.92. The predicted octanol–water partition coefficient (Wildman–Crippen LogP) is 4.89. The molecule has 1 aliphatic carbocycles. The number of esters is 1. The highest BCUT2D eigenvalue weighted by Gasteiger charge is 2.37. The zero-order valence-electron chi connectivity index (χ0n) is 29.6. The number of para-hydroxylation sites is 1. The highest BCUT2D eigenvalue weighted by atomic mass is 16.5. The maximum absolute atomic E-state index is 14.3. The van der Waals surface area contributed by atoms with Crippen LogP contribution in [0.25, 0.3) is 0 Å². The van der Waals surface area contributed by atoms with Crippen molar-refractivity contribution >= 4 is 29.5 Å². The number of rotatable bonds is 9. The first kappa shape index (κ1) is 34.5. The number of ether oxygens (including phenoxy) is 1. The number of nitrogens with zero attached hydrogens (tertiary/aromatic N) is 4. The monoisotopic (exact) mass is 683 g/mol. The van der Waals surface area contributed by atoms with E-state index in [1.807, 2.05) is 32.9 Å². The molecule has 3 saturated heterocycles. The summed E-state index contributed by atoms with van der Waals surface area (Å²) in [5.41, 5.74) is 5.95. The number of hydrogen-bond donors (Lipinski definition) is 1. The standard InChI is InChI=1S/C40H53N5O5/c1-50-38(47)27-42-17-11-30(12-18-42)31-13-19-44(20-14-31)39(48)34(24-28-9-10-29-6-4-7-32(29)23-28)25-37(46)43-21-15-35(16-22-43)45-26-33-5-2-3-8-36(33)41-40(45)49/h2-3,5,8-10,23,30-31,34-35H,4,6-7,11-22,24-27H2,1H3,(H,41,49). The molecular formula is C40H53N5O5. The van der Waals surface area contributed by atoms with Gasteiger partial charge in [-0.05, 0) is 117 Å². The Morgan fingerprint density at radius 2 is 1.50 bits per heavy atom. The van der Waals surface area contributed by atoms with Gasteiger partial charge in [0.25, 0.3) is 0 Å². The molecule has 0 radical (unpaired) electrons. The molecule has 7 rings (SSSR count). The van der Waals surface area contributed by atoms with Crippen LogP contribution >= 0.6 is 0 Å². The highest BCUT2D eigenvalue weighted by molar-refractivity contribution is 5.92. The summed E-state index contributed by atoms with van der Waals surface area (Å²) in [5.74, 6) is 0.813. The molecule has 4 aliphatic heterocycles. The number of methoxy groups -OCH3 is 1. The van der Waals surface area contributed by atoms with E-state index in [0.717, 1.165) is 94.4 Å². The third-order valence-corrected chi connectivity index (χ3v) is 12.3. The van der Waals surface area contributed by atoms with E-state index in [-0.39, 0.29) is 42.2 Å². The number of anilines is 1. The minimum absolute atomic E-state index is 0.0463. The minimum Gasteiger partial charge on any atom is -0.468 e. The summed E-state index contributed by atoms with van der Waals surface area (Å²) in [6.07, 6.45) is 9.82. The first-order valence-corrected chi connectivity index (χ1v) is 19.0. The Morgan fingerprint density at radius 3 is 2.24 bits per heavy atom. The number of carbonyl (C=O) groups is 4. The van der Waals surface area contributed by atoms with Crippen LogP contribution in [0.15, 0.2) is 42.5 Å². The van der Waals surface area contributed by atoms with Crippen LogP contribution in [0, 0.1) is 17.8 Å². The maximum atomic E-state index is 14.3. The molecule has 1 unspecified atom stereocenters. The van der Waals surface area contributed by atoms with Crippen LogP contribution in [0.2, 0.25) is 0 Å². The summed E-state index contributed by atoms with van der Waals surface area (Å²) >= 11 is 0. The fraction of sp³-hybridized carbons (Fsp3) is 0.600. The largest absolute Gasteiger partial charge is 0.468 e. The Kier molecular flexibility index (Phi) is 10.7. The Morgan fingerprint density at radius 1 is 0.820 bits per heavy atom. The van der Waals surface area contributed by atoms with Crippen LogP contribution in [0.3, 0.4) is 0 Å². The van der Waals surface area contributed by atoms with Gasteiger partial charge in [-0.3, -0.25) is 19.3 Å². The van der Waals surface area contributed by atoms with Crippen molar-refractivity contribution in [2.75, 3.05) is 58.2 Å². The lowest BCUT2D eigenvalue weighted by molar-refractivity contribution is -0.143. The van der Waals surface area contributed by atoms with E-state index >= 15 is 0 Å². The molecule has 0 saturated carbocycles. The Labute approximate surface area is 296 Å². The van der Waals surface area contributed by atoms with Gasteiger partial charge in [-0.2, -0.15) is 0 Å². The molecular weight excluding hydrogens is 630 g/mol. The quantitative estimate of drug-likeness (QED) is 0.378. The molecule has 0 aromatic heterocycles. The van der Waals surface area contributed by atoms with Crippen molar-refractivity contribution in [2.24, 2.45) is 17.8 Å². The minimum atomic E-state index is -0.387. The molecule has 5 aliphatic rings. The number of hydrogen-bond acceptors (Lipinski definition) is 6. The van der Waals surface area contributed by atoms with Crippen molar-refractivity contribution in [3.63, 3.8) is 0 Å². The van der Waals surface area contributed by atoms with Gasteiger partial charge in [-0.1, -0.05) is 36.4 Å². The molecule has 4 amide bonds. The number of likely N-dealkylation sites (tertiary alicyclic amines) is 3. The third-order valence-electron chi connectivity index (χ3n) is 12.3. The lowest BCUT2D eigenvalue weighted by Crippen LogP contribution is -2.51. The van der Waals surface area contributed by atoms with Gasteiger partial charge in [-0.25, -0.2) is 4.79 Å². The van der Waals surface area contributed by atoms with Crippen LogP contribution < -0.4 is 5.32 Å². The van der Waals surface area contributed by atoms with Crippen molar-refractivity contribution in [3.8, 4) is 0 Å². The van der Waals surface area contributed by atoms with E-state index in [1.54, 1.807) is 0 Å². The molecule has 2 aromatic carbocycles. The summed E-state index contributed by atoms with van der Waals surface area (Å²) in [5, 5.41) is 3.03. The lowest BCUT2D eigenvalue weighted by Gasteiger charge is -2.41. The van der Waals surface area contributed by atoms with Crippen LogP contribution in [0.4, 0.5) is 10.5 Å². The molecule has 0 spiro atoms. The molecule has 2 aromatic rings. The summed E-state index contributed by atoms with van der Waals surface area (Å²) in [4.78, 5) is 60.9. The highest BCUT2D eigenvalue weighted by Crippen LogP contribution is 2.34. The van der Waals surface area contributed by atoms with E-state index in [2.05, 4.69) is 34.5 Å². The van der Waals surface area contributed by atoms with Crippen molar-refractivity contribution in [1.29, 1.82) is 0 Å². The van der Waals surface area contributed by atoms with Gasteiger partial charge in [0.1, 0.15) is 0 Å². The maximum Gasteiger partial charge on any atom is 0.322 e.